The second-order valence-electron chi connectivity index (χ2n) is 6.81. The first-order valence-corrected chi connectivity index (χ1v) is 7.57. The predicted molar refractivity (Wildman–Crippen MR) is 85.1 cm³/mol. The Hall–Kier alpha value is -1.13. The Balaban J connectivity index is 2.07. The van der Waals surface area contributed by atoms with Gasteiger partial charge in [0.2, 0.25) is 0 Å². The molecule has 1 unspecified atom stereocenters. The molecule has 2 rings (SSSR count). The molecule has 0 saturated carbocycles. The highest BCUT2D eigenvalue weighted by molar-refractivity contribution is 5.47. The van der Waals surface area contributed by atoms with Gasteiger partial charge in [0.15, 0.2) is 0 Å². The number of piperazine rings is 1. The van der Waals surface area contributed by atoms with Crippen LogP contribution >= 0.6 is 0 Å². The fraction of sp³-hybridized carbons (Fsp3) is 0.688. The topological polar surface area (TPSA) is 45.4 Å². The van der Waals surface area contributed by atoms with E-state index in [9.17, 15) is 0 Å². The monoisotopic (exact) mass is 276 g/mol. The van der Waals surface area contributed by atoms with Crippen molar-refractivity contribution >= 4 is 5.82 Å². The summed E-state index contributed by atoms with van der Waals surface area (Å²) < 4.78 is 0. The first-order valence-electron chi connectivity index (χ1n) is 7.57. The number of aromatic nitrogens is 1. The van der Waals surface area contributed by atoms with E-state index >= 15 is 0 Å². The van der Waals surface area contributed by atoms with Crippen LogP contribution in [0.15, 0.2) is 18.3 Å². The standard InChI is InChI=1S/C16H28N4/c1-13(17)12-14-6-5-7-18-15(14)19-8-10-20(11-9-19)16(2,3)4/h5-7,13H,8-12,17H2,1-4H3. The number of rotatable bonds is 3. The Morgan fingerprint density at radius 3 is 2.45 bits per heavy atom. The van der Waals surface area contributed by atoms with E-state index in [0.29, 0.717) is 0 Å². The summed E-state index contributed by atoms with van der Waals surface area (Å²) in [4.78, 5) is 9.54. The van der Waals surface area contributed by atoms with Crippen LogP contribution in [-0.2, 0) is 6.42 Å². The average molecular weight is 276 g/mol. The van der Waals surface area contributed by atoms with E-state index in [0.717, 1.165) is 38.4 Å². The molecule has 0 spiro atoms. The average Bonchev–Trinajstić information content (AvgIpc) is 2.38. The van der Waals surface area contributed by atoms with Crippen LogP contribution in [0.4, 0.5) is 5.82 Å². The van der Waals surface area contributed by atoms with Crippen LogP contribution in [0.1, 0.15) is 33.3 Å². The van der Waals surface area contributed by atoms with Gasteiger partial charge in [-0.15, -0.1) is 0 Å². The normalized spacial score (nSPS) is 19.1. The molecule has 20 heavy (non-hydrogen) atoms. The summed E-state index contributed by atoms with van der Waals surface area (Å²) in [6, 6.07) is 4.34. The Labute approximate surface area is 123 Å². The van der Waals surface area contributed by atoms with Gasteiger partial charge >= 0.3 is 0 Å². The highest BCUT2D eigenvalue weighted by atomic mass is 15.3. The summed E-state index contributed by atoms with van der Waals surface area (Å²) in [5.41, 5.74) is 7.47. The zero-order valence-electron chi connectivity index (χ0n) is 13.3. The van der Waals surface area contributed by atoms with Crippen molar-refractivity contribution in [1.82, 2.24) is 9.88 Å². The van der Waals surface area contributed by atoms with E-state index in [2.05, 4.69) is 41.6 Å². The molecule has 1 fully saturated rings. The van der Waals surface area contributed by atoms with Crippen LogP contribution in [0.5, 0.6) is 0 Å². The Bertz CT molecular complexity index is 428. The third-order valence-corrected chi connectivity index (χ3v) is 3.94. The minimum Gasteiger partial charge on any atom is -0.354 e. The molecule has 1 aromatic rings. The second kappa shape index (κ2) is 6.10. The molecule has 2 N–H and O–H groups in total. The molecule has 1 atom stereocenters. The summed E-state index contributed by atoms with van der Waals surface area (Å²) >= 11 is 0. The first-order chi connectivity index (χ1) is 9.38. The van der Waals surface area contributed by atoms with Gasteiger partial charge in [0.05, 0.1) is 0 Å². The van der Waals surface area contributed by atoms with Crippen LogP contribution in [-0.4, -0.2) is 47.6 Å². The predicted octanol–water partition coefficient (Wildman–Crippen LogP) is 1.89. The van der Waals surface area contributed by atoms with Gasteiger partial charge in [-0.1, -0.05) is 6.07 Å². The van der Waals surface area contributed by atoms with Gasteiger partial charge in [0, 0.05) is 44.0 Å². The first kappa shape index (κ1) is 15.3. The fourth-order valence-electron chi connectivity index (χ4n) is 2.81. The minimum absolute atomic E-state index is 0.175. The molecule has 1 saturated heterocycles. The Morgan fingerprint density at radius 2 is 1.90 bits per heavy atom. The zero-order valence-corrected chi connectivity index (χ0v) is 13.3. The maximum atomic E-state index is 5.95. The molecule has 1 aliphatic rings. The summed E-state index contributed by atoms with van der Waals surface area (Å²) in [6.45, 7) is 13.2. The third kappa shape index (κ3) is 3.70. The number of nitrogens with two attached hydrogens (primary N) is 1. The molecule has 4 nitrogen and oxygen atoms in total. The maximum Gasteiger partial charge on any atom is 0.131 e. The van der Waals surface area contributed by atoms with Gasteiger partial charge in [0.1, 0.15) is 5.82 Å². The van der Waals surface area contributed by atoms with E-state index < -0.39 is 0 Å². The molecule has 0 bridgehead atoms. The number of nitrogens with zero attached hydrogens (tertiary/aromatic N) is 3. The molecule has 0 amide bonds. The van der Waals surface area contributed by atoms with Gasteiger partial charge in [-0.2, -0.15) is 0 Å². The number of hydrogen-bond donors (Lipinski definition) is 1. The van der Waals surface area contributed by atoms with Crippen molar-refractivity contribution in [3.05, 3.63) is 23.9 Å². The van der Waals surface area contributed by atoms with Gasteiger partial charge in [-0.3, -0.25) is 4.90 Å². The number of pyridine rings is 1. The molecule has 0 aromatic carbocycles. The van der Waals surface area contributed by atoms with Crippen molar-refractivity contribution in [3.8, 4) is 0 Å². The van der Waals surface area contributed by atoms with Crippen molar-refractivity contribution in [1.29, 1.82) is 0 Å². The molecular formula is C16H28N4. The summed E-state index contributed by atoms with van der Waals surface area (Å²) in [5.74, 6) is 1.12. The lowest BCUT2D eigenvalue weighted by atomic mass is 10.0. The minimum atomic E-state index is 0.175. The number of hydrogen-bond acceptors (Lipinski definition) is 4. The lowest BCUT2D eigenvalue weighted by Gasteiger charge is -2.43. The summed E-state index contributed by atoms with van der Waals surface area (Å²) in [7, 11) is 0. The van der Waals surface area contributed by atoms with Crippen molar-refractivity contribution in [2.75, 3.05) is 31.1 Å². The van der Waals surface area contributed by atoms with Gasteiger partial charge in [-0.05, 0) is 45.7 Å². The van der Waals surface area contributed by atoms with E-state index in [1.165, 1.54) is 5.56 Å². The highest BCUT2D eigenvalue weighted by Gasteiger charge is 2.27. The van der Waals surface area contributed by atoms with Crippen molar-refractivity contribution in [2.24, 2.45) is 5.73 Å². The fourth-order valence-corrected chi connectivity index (χ4v) is 2.81. The lowest BCUT2D eigenvalue weighted by molar-refractivity contribution is 0.128. The van der Waals surface area contributed by atoms with Gasteiger partial charge in [0.25, 0.3) is 0 Å². The quantitative estimate of drug-likeness (QED) is 0.916. The summed E-state index contributed by atoms with van der Waals surface area (Å²) in [6.07, 6.45) is 2.78. The van der Waals surface area contributed by atoms with Crippen LogP contribution in [0.3, 0.4) is 0 Å². The van der Waals surface area contributed by atoms with E-state index in [1.54, 1.807) is 0 Å². The van der Waals surface area contributed by atoms with Crippen molar-refractivity contribution in [2.45, 2.75) is 45.7 Å². The SMILES string of the molecule is CC(N)Cc1cccnc1N1CCN(C(C)(C)C)CC1. The van der Waals surface area contributed by atoms with Gasteiger partial charge < -0.3 is 10.6 Å². The molecule has 2 heterocycles. The molecule has 0 radical (unpaired) electrons. The van der Waals surface area contributed by atoms with Crippen LogP contribution < -0.4 is 10.6 Å². The number of anilines is 1. The maximum absolute atomic E-state index is 5.95. The van der Waals surface area contributed by atoms with Gasteiger partial charge in [-0.25, -0.2) is 4.98 Å². The van der Waals surface area contributed by atoms with E-state index in [-0.39, 0.29) is 11.6 Å². The largest absolute Gasteiger partial charge is 0.354 e. The van der Waals surface area contributed by atoms with Crippen LogP contribution in [0.2, 0.25) is 0 Å². The third-order valence-electron chi connectivity index (χ3n) is 3.94. The Kier molecular flexibility index (Phi) is 4.66. The van der Waals surface area contributed by atoms with Crippen LogP contribution in [0.25, 0.3) is 0 Å². The van der Waals surface area contributed by atoms with Crippen molar-refractivity contribution in [3.63, 3.8) is 0 Å². The molecule has 112 valence electrons. The molecule has 0 aliphatic carbocycles. The van der Waals surface area contributed by atoms with Crippen LogP contribution in [0, 0.1) is 0 Å². The molecule has 1 aromatic heterocycles. The van der Waals surface area contributed by atoms with E-state index in [4.69, 9.17) is 5.73 Å². The molecular weight excluding hydrogens is 248 g/mol. The van der Waals surface area contributed by atoms with Crippen molar-refractivity contribution < 1.29 is 0 Å². The smallest absolute Gasteiger partial charge is 0.131 e. The summed E-state index contributed by atoms with van der Waals surface area (Å²) in [5, 5.41) is 0. The lowest BCUT2D eigenvalue weighted by Crippen LogP contribution is -2.53. The Morgan fingerprint density at radius 1 is 1.25 bits per heavy atom. The molecule has 1 aliphatic heterocycles. The zero-order chi connectivity index (χ0) is 14.8. The second-order valence-corrected chi connectivity index (χ2v) is 6.81. The highest BCUT2D eigenvalue weighted by Crippen LogP contribution is 2.22. The van der Waals surface area contributed by atoms with E-state index in [1.807, 2.05) is 19.2 Å². The molecule has 4 heteroatoms.